The predicted molar refractivity (Wildman–Crippen MR) is 48.6 cm³/mol. The minimum atomic E-state index is 0.339. The standard InChI is InChI=1S/C9H15S/c1-4-6-7-8-9(5-2)10-3/h9H,4,6-8H2,1,3H3. The Kier molecular flexibility index (Phi) is 6.96. The van der Waals surface area contributed by atoms with Crippen LogP contribution < -0.4 is 0 Å². The topological polar surface area (TPSA) is 0 Å². The van der Waals surface area contributed by atoms with E-state index in [1.54, 1.807) is 11.8 Å². The van der Waals surface area contributed by atoms with Crippen LogP contribution in [-0.4, -0.2) is 11.5 Å². The fourth-order valence-electron chi connectivity index (χ4n) is 0.829. The van der Waals surface area contributed by atoms with Gasteiger partial charge in [-0.2, -0.15) is 0 Å². The summed E-state index contributed by atoms with van der Waals surface area (Å²) < 4.78 is 0. The highest BCUT2D eigenvalue weighted by molar-refractivity contribution is 7.99. The molecule has 1 atom stereocenters. The molecule has 0 aromatic heterocycles. The third kappa shape index (κ3) is 4.76. The number of unbranched alkanes of at least 4 members (excludes halogenated alkanes) is 2. The van der Waals surface area contributed by atoms with E-state index >= 15 is 0 Å². The monoisotopic (exact) mass is 155 g/mol. The molecule has 0 aliphatic rings. The molecule has 1 radical (unpaired) electrons. The highest BCUT2D eigenvalue weighted by atomic mass is 32.2. The van der Waals surface area contributed by atoms with E-state index in [0.29, 0.717) is 5.25 Å². The fourth-order valence-corrected chi connectivity index (χ4v) is 1.35. The van der Waals surface area contributed by atoms with Gasteiger partial charge in [0.15, 0.2) is 0 Å². The summed E-state index contributed by atoms with van der Waals surface area (Å²) in [5.74, 6) is 2.52. The Hall–Kier alpha value is -0.0900. The van der Waals surface area contributed by atoms with Crippen LogP contribution in [0.4, 0.5) is 0 Å². The van der Waals surface area contributed by atoms with Crippen LogP contribution >= 0.6 is 11.8 Å². The average Bonchev–Trinajstić information content (AvgIpc) is 1.99. The first-order chi connectivity index (χ1) is 4.85. The normalized spacial score (nSPS) is 12.5. The molecule has 0 nitrogen and oxygen atoms in total. The van der Waals surface area contributed by atoms with Crippen molar-refractivity contribution in [2.45, 2.75) is 37.9 Å². The highest BCUT2D eigenvalue weighted by Gasteiger charge is 2.00. The van der Waals surface area contributed by atoms with Gasteiger partial charge in [0, 0.05) is 0 Å². The Morgan fingerprint density at radius 3 is 2.60 bits per heavy atom. The maximum absolute atomic E-state index is 6.92. The van der Waals surface area contributed by atoms with Crippen LogP contribution in [0.3, 0.4) is 0 Å². The molecule has 0 bridgehead atoms. The first-order valence-electron chi connectivity index (χ1n) is 3.80. The largest absolute Gasteiger partial charge is 0.149 e. The molecule has 1 unspecified atom stereocenters. The summed E-state index contributed by atoms with van der Waals surface area (Å²) in [4.78, 5) is 0. The van der Waals surface area contributed by atoms with E-state index in [-0.39, 0.29) is 0 Å². The molecule has 0 saturated carbocycles. The van der Waals surface area contributed by atoms with Gasteiger partial charge in [-0.1, -0.05) is 32.1 Å². The van der Waals surface area contributed by atoms with Gasteiger partial charge in [0.2, 0.25) is 0 Å². The van der Waals surface area contributed by atoms with Gasteiger partial charge in [0.05, 0.1) is 5.25 Å². The highest BCUT2D eigenvalue weighted by Crippen LogP contribution is 2.13. The third-order valence-corrected chi connectivity index (χ3v) is 2.44. The molecule has 0 fully saturated rings. The maximum Gasteiger partial charge on any atom is 0.0664 e. The van der Waals surface area contributed by atoms with Crippen molar-refractivity contribution >= 4 is 11.8 Å². The molecule has 0 amide bonds. The van der Waals surface area contributed by atoms with Crippen LogP contribution in [-0.2, 0) is 0 Å². The fraction of sp³-hybridized carbons (Fsp3) is 0.778. The summed E-state index contributed by atoms with van der Waals surface area (Å²) >= 11 is 1.72. The summed E-state index contributed by atoms with van der Waals surface area (Å²) in [7, 11) is 0. The van der Waals surface area contributed by atoms with Gasteiger partial charge in [0.25, 0.3) is 0 Å². The molecule has 0 aromatic carbocycles. The van der Waals surface area contributed by atoms with Crippen molar-refractivity contribution in [3.63, 3.8) is 0 Å². The SMILES string of the molecule is [C]#CC(CCCCC)SC. The van der Waals surface area contributed by atoms with E-state index in [9.17, 15) is 0 Å². The second kappa shape index (κ2) is 7.02. The molecule has 0 spiro atoms. The first kappa shape index (κ1) is 9.91. The molecule has 57 valence electrons. The van der Waals surface area contributed by atoms with E-state index in [4.69, 9.17) is 6.42 Å². The average molecular weight is 155 g/mol. The summed E-state index contributed by atoms with van der Waals surface area (Å²) in [5, 5.41) is 0.339. The molecule has 0 saturated heterocycles. The van der Waals surface area contributed by atoms with Crippen LogP contribution in [0.5, 0.6) is 0 Å². The third-order valence-electron chi connectivity index (χ3n) is 1.52. The summed E-state index contributed by atoms with van der Waals surface area (Å²) in [5.41, 5.74) is 0. The van der Waals surface area contributed by atoms with Gasteiger partial charge in [-0.15, -0.1) is 11.8 Å². The quantitative estimate of drug-likeness (QED) is 0.434. The molecule has 0 rings (SSSR count). The molecular weight excluding hydrogens is 140 g/mol. The molecule has 1 heteroatoms. The lowest BCUT2D eigenvalue weighted by molar-refractivity contribution is 0.685. The van der Waals surface area contributed by atoms with Crippen LogP contribution in [0.2, 0.25) is 0 Å². The summed E-state index contributed by atoms with van der Waals surface area (Å²) in [6, 6.07) is 0. The summed E-state index contributed by atoms with van der Waals surface area (Å²) in [6.45, 7) is 2.20. The lowest BCUT2D eigenvalue weighted by atomic mass is 10.1. The zero-order chi connectivity index (χ0) is 7.82. The van der Waals surface area contributed by atoms with E-state index in [1.807, 2.05) is 6.26 Å². The summed E-state index contributed by atoms with van der Waals surface area (Å²) in [6.07, 6.45) is 13.9. The molecule has 0 aliphatic heterocycles. The Morgan fingerprint density at radius 1 is 1.50 bits per heavy atom. The molecular formula is C9H15S. The van der Waals surface area contributed by atoms with Crippen molar-refractivity contribution in [3.05, 3.63) is 6.42 Å². The van der Waals surface area contributed by atoms with Crippen LogP contribution in [0.1, 0.15) is 32.6 Å². The van der Waals surface area contributed by atoms with Crippen molar-refractivity contribution in [1.82, 2.24) is 0 Å². The second-order valence-electron chi connectivity index (χ2n) is 2.36. The molecule has 0 aromatic rings. The zero-order valence-electron chi connectivity index (χ0n) is 6.81. The van der Waals surface area contributed by atoms with Gasteiger partial charge >= 0.3 is 0 Å². The number of thioether (sulfide) groups is 1. The number of hydrogen-bond donors (Lipinski definition) is 0. The van der Waals surface area contributed by atoms with Gasteiger partial charge in [0.1, 0.15) is 0 Å². The van der Waals surface area contributed by atoms with E-state index in [0.717, 1.165) is 6.42 Å². The van der Waals surface area contributed by atoms with Gasteiger partial charge in [-0.25, -0.2) is 0 Å². The first-order valence-corrected chi connectivity index (χ1v) is 5.09. The van der Waals surface area contributed by atoms with Gasteiger partial charge in [-0.05, 0) is 19.1 Å². The van der Waals surface area contributed by atoms with E-state index < -0.39 is 0 Å². The lowest BCUT2D eigenvalue weighted by Gasteiger charge is -2.04. The van der Waals surface area contributed by atoms with Crippen LogP contribution in [0.25, 0.3) is 0 Å². The van der Waals surface area contributed by atoms with Crippen molar-refractivity contribution in [1.29, 1.82) is 0 Å². The lowest BCUT2D eigenvalue weighted by Crippen LogP contribution is -1.96. The maximum atomic E-state index is 6.92. The predicted octanol–water partition coefficient (Wildman–Crippen LogP) is 2.89. The Bertz CT molecular complexity index is 102. The van der Waals surface area contributed by atoms with Crippen molar-refractivity contribution in [2.75, 3.05) is 6.26 Å². The Morgan fingerprint density at radius 2 is 2.20 bits per heavy atom. The van der Waals surface area contributed by atoms with Crippen molar-refractivity contribution in [3.8, 4) is 5.92 Å². The second-order valence-corrected chi connectivity index (χ2v) is 3.40. The smallest absolute Gasteiger partial charge is 0.0664 e. The molecule has 0 N–H and O–H groups in total. The minimum absolute atomic E-state index is 0.339. The Balaban J connectivity index is 3.20. The molecule has 0 heterocycles. The molecule has 10 heavy (non-hydrogen) atoms. The molecule has 0 aliphatic carbocycles. The zero-order valence-corrected chi connectivity index (χ0v) is 7.63. The van der Waals surface area contributed by atoms with Crippen LogP contribution in [0, 0.1) is 12.3 Å². The Labute approximate surface area is 68.8 Å². The van der Waals surface area contributed by atoms with Crippen molar-refractivity contribution in [2.24, 2.45) is 0 Å². The minimum Gasteiger partial charge on any atom is -0.149 e. The van der Waals surface area contributed by atoms with Crippen LogP contribution in [0.15, 0.2) is 0 Å². The van der Waals surface area contributed by atoms with Gasteiger partial charge in [-0.3, -0.25) is 0 Å². The van der Waals surface area contributed by atoms with Crippen molar-refractivity contribution < 1.29 is 0 Å². The number of rotatable bonds is 5. The number of hydrogen-bond acceptors (Lipinski definition) is 1. The van der Waals surface area contributed by atoms with E-state index in [1.165, 1.54) is 19.3 Å². The van der Waals surface area contributed by atoms with Gasteiger partial charge < -0.3 is 0 Å². The van der Waals surface area contributed by atoms with E-state index in [2.05, 4.69) is 12.8 Å².